The molecule has 0 saturated carbocycles. The fourth-order valence-electron chi connectivity index (χ4n) is 3.58. The van der Waals surface area contributed by atoms with Gasteiger partial charge in [0.05, 0.1) is 17.0 Å². The lowest BCUT2D eigenvalue weighted by atomic mass is 9.88. The minimum Gasteiger partial charge on any atom is -0.543 e. The molecule has 6 nitrogen and oxygen atoms in total. The molecule has 39 heavy (non-hydrogen) atoms. The number of ether oxygens (including phenoxy) is 1. The van der Waals surface area contributed by atoms with Gasteiger partial charge < -0.3 is 24.7 Å². The summed E-state index contributed by atoms with van der Waals surface area (Å²) < 4.78 is 11.8. The highest BCUT2D eigenvalue weighted by molar-refractivity contribution is 7.99. The summed E-state index contributed by atoms with van der Waals surface area (Å²) in [7, 11) is -2.02. The molecule has 1 unspecified atom stereocenters. The zero-order chi connectivity index (χ0) is 29.6. The smallest absolute Gasteiger partial charge is 0.408 e. The Morgan fingerprint density at radius 3 is 2.33 bits per heavy atom. The molecule has 9 heteroatoms. The summed E-state index contributed by atoms with van der Waals surface area (Å²) in [5.74, 6) is 0.915. The van der Waals surface area contributed by atoms with Crippen LogP contribution in [0.15, 0.2) is 58.8 Å². The van der Waals surface area contributed by atoms with Crippen LogP contribution in [0.2, 0.25) is 23.2 Å². The predicted molar refractivity (Wildman–Crippen MR) is 164 cm³/mol. The molecule has 0 saturated heterocycles. The highest BCUT2D eigenvalue weighted by Crippen LogP contribution is 2.41. The van der Waals surface area contributed by atoms with Crippen molar-refractivity contribution in [2.24, 2.45) is 0 Å². The van der Waals surface area contributed by atoms with Crippen LogP contribution in [0.5, 0.6) is 11.5 Å². The van der Waals surface area contributed by atoms with E-state index in [0.29, 0.717) is 29.2 Å². The number of aliphatic hydroxyl groups is 1. The van der Waals surface area contributed by atoms with Crippen molar-refractivity contribution in [1.29, 1.82) is 0 Å². The maximum atomic E-state index is 12.4. The lowest BCUT2D eigenvalue weighted by Gasteiger charge is -2.36. The van der Waals surface area contributed by atoms with Gasteiger partial charge in [-0.25, -0.2) is 4.79 Å². The summed E-state index contributed by atoms with van der Waals surface area (Å²) in [5, 5.41) is 24.2. The molecule has 0 heterocycles. The standard InChI is InChI=1S/C30H44ClNO5SSi/c1-10-16-30(20-33,32-27(35)36-28(2,3)4)17-15-21-11-13-23(19-24(21)31)38-26-18-22(12-14-25(26)34)37-39(8,9)29(5,6)7/h10-14,18-19,33-34H,1,15-17,20H2,2-9H3,(H,32,35). The molecule has 0 radical (unpaired) electrons. The van der Waals surface area contributed by atoms with E-state index in [1.54, 1.807) is 39.0 Å². The molecule has 1 atom stereocenters. The Hall–Kier alpha value is -2.13. The Balaban J connectivity index is 2.18. The van der Waals surface area contributed by atoms with E-state index in [4.69, 9.17) is 20.8 Å². The number of benzene rings is 2. The largest absolute Gasteiger partial charge is 0.543 e. The third kappa shape index (κ3) is 9.78. The molecule has 3 N–H and O–H groups in total. The first-order valence-corrected chi connectivity index (χ1v) is 17.2. The van der Waals surface area contributed by atoms with Crippen LogP contribution in [0.3, 0.4) is 0 Å². The summed E-state index contributed by atoms with van der Waals surface area (Å²) >= 11 is 8.07. The fourth-order valence-corrected chi connectivity index (χ4v) is 5.85. The summed E-state index contributed by atoms with van der Waals surface area (Å²) in [6, 6.07) is 11.1. The number of phenolic OH excluding ortho intramolecular Hbond substituents is 1. The fraction of sp³-hybridized carbons (Fsp3) is 0.500. The molecule has 2 aromatic rings. The third-order valence-corrected chi connectivity index (χ3v) is 12.6. The number of rotatable bonds is 11. The van der Waals surface area contributed by atoms with E-state index in [2.05, 4.69) is 45.8 Å². The summed E-state index contributed by atoms with van der Waals surface area (Å²) in [5.41, 5.74) is -0.689. The quantitative estimate of drug-likeness (QED) is 0.179. The number of hydrogen-bond acceptors (Lipinski definition) is 6. The summed E-state index contributed by atoms with van der Waals surface area (Å²) in [4.78, 5) is 14.0. The van der Waals surface area contributed by atoms with Crippen LogP contribution in [-0.4, -0.2) is 42.4 Å². The molecule has 2 rings (SSSR count). The van der Waals surface area contributed by atoms with Crippen LogP contribution in [0, 0.1) is 0 Å². The van der Waals surface area contributed by atoms with E-state index in [1.165, 1.54) is 11.8 Å². The van der Waals surface area contributed by atoms with Crippen molar-refractivity contribution in [2.45, 2.75) is 99.9 Å². The van der Waals surface area contributed by atoms with Gasteiger partial charge in [0.2, 0.25) is 8.32 Å². The number of carbonyl (C=O) groups excluding carboxylic acids is 1. The van der Waals surface area contributed by atoms with Crippen molar-refractivity contribution in [2.75, 3.05) is 6.61 Å². The molecule has 2 aromatic carbocycles. The predicted octanol–water partition coefficient (Wildman–Crippen LogP) is 8.35. The molecule has 0 aliphatic carbocycles. The Morgan fingerprint density at radius 1 is 1.13 bits per heavy atom. The number of aryl methyl sites for hydroxylation is 1. The number of aliphatic hydroxyl groups excluding tert-OH is 1. The van der Waals surface area contributed by atoms with Crippen molar-refractivity contribution in [3.05, 3.63) is 59.6 Å². The zero-order valence-corrected chi connectivity index (χ0v) is 27.1. The minimum atomic E-state index is -2.02. The van der Waals surface area contributed by atoms with Gasteiger partial charge in [0, 0.05) is 9.92 Å². The van der Waals surface area contributed by atoms with E-state index in [1.807, 2.05) is 24.3 Å². The van der Waals surface area contributed by atoms with E-state index in [0.717, 1.165) is 16.2 Å². The average Bonchev–Trinajstić information content (AvgIpc) is 2.78. The molecular formula is C30H44ClNO5SSi. The Morgan fingerprint density at radius 2 is 1.79 bits per heavy atom. The van der Waals surface area contributed by atoms with Crippen molar-refractivity contribution < 1.29 is 24.2 Å². The van der Waals surface area contributed by atoms with Gasteiger partial charge in [0.25, 0.3) is 0 Å². The maximum absolute atomic E-state index is 12.4. The second-order valence-electron chi connectivity index (χ2n) is 12.4. The first kappa shape index (κ1) is 33.1. The molecule has 0 bridgehead atoms. The number of nitrogens with one attached hydrogen (secondary N) is 1. The summed E-state index contributed by atoms with van der Waals surface area (Å²) in [6.45, 7) is 19.8. The van der Waals surface area contributed by atoms with Gasteiger partial charge in [-0.1, -0.05) is 56.3 Å². The second-order valence-corrected chi connectivity index (χ2v) is 18.7. The number of aromatic hydroxyl groups is 1. The highest BCUT2D eigenvalue weighted by atomic mass is 35.5. The summed E-state index contributed by atoms with van der Waals surface area (Å²) in [6.07, 6.45) is 2.42. The first-order chi connectivity index (χ1) is 17.9. The van der Waals surface area contributed by atoms with Gasteiger partial charge in [-0.2, -0.15) is 0 Å². The third-order valence-electron chi connectivity index (χ3n) is 6.84. The minimum absolute atomic E-state index is 0.0588. The molecule has 0 fully saturated rings. The van der Waals surface area contributed by atoms with E-state index >= 15 is 0 Å². The number of alkyl carbamates (subject to hydrolysis) is 1. The zero-order valence-electron chi connectivity index (χ0n) is 24.5. The van der Waals surface area contributed by atoms with Gasteiger partial charge in [0.15, 0.2) is 0 Å². The van der Waals surface area contributed by atoms with Crippen molar-refractivity contribution in [3.8, 4) is 11.5 Å². The van der Waals surface area contributed by atoms with Crippen LogP contribution in [0.25, 0.3) is 0 Å². The van der Waals surface area contributed by atoms with E-state index in [-0.39, 0.29) is 17.4 Å². The number of phenols is 1. The van der Waals surface area contributed by atoms with Gasteiger partial charge in [-0.05, 0) is 94.1 Å². The van der Waals surface area contributed by atoms with Crippen LogP contribution in [-0.2, 0) is 11.2 Å². The van der Waals surface area contributed by atoms with Gasteiger partial charge >= 0.3 is 6.09 Å². The molecule has 0 aliphatic heterocycles. The first-order valence-electron chi connectivity index (χ1n) is 13.1. The molecule has 216 valence electrons. The molecular weight excluding hydrogens is 550 g/mol. The Labute approximate surface area is 244 Å². The Kier molecular flexibility index (Phi) is 11.0. The number of amides is 1. The topological polar surface area (TPSA) is 88.0 Å². The Bertz CT molecular complexity index is 1160. The van der Waals surface area contributed by atoms with Crippen LogP contribution in [0.1, 0.15) is 59.9 Å². The average molecular weight is 594 g/mol. The van der Waals surface area contributed by atoms with Crippen LogP contribution >= 0.6 is 23.4 Å². The monoisotopic (exact) mass is 593 g/mol. The van der Waals surface area contributed by atoms with Crippen LogP contribution in [0.4, 0.5) is 4.79 Å². The molecule has 0 aromatic heterocycles. The lowest BCUT2D eigenvalue weighted by molar-refractivity contribution is 0.0389. The normalized spacial score (nSPS) is 13.9. The number of halogens is 1. The SMILES string of the molecule is C=CCC(CO)(CCc1ccc(Sc2cc(O[Si](C)(C)C(C)(C)C)ccc2O)cc1Cl)NC(=O)OC(C)(C)C. The molecule has 1 amide bonds. The van der Waals surface area contributed by atoms with Crippen molar-refractivity contribution in [1.82, 2.24) is 5.32 Å². The lowest BCUT2D eigenvalue weighted by Crippen LogP contribution is -2.52. The number of carbonyl (C=O) groups is 1. The molecule has 0 aliphatic rings. The van der Waals surface area contributed by atoms with E-state index in [9.17, 15) is 15.0 Å². The molecule has 0 spiro atoms. The van der Waals surface area contributed by atoms with Gasteiger partial charge in [-0.3, -0.25) is 0 Å². The number of hydrogen-bond donors (Lipinski definition) is 3. The maximum Gasteiger partial charge on any atom is 0.408 e. The van der Waals surface area contributed by atoms with Gasteiger partial charge in [0.1, 0.15) is 17.1 Å². The van der Waals surface area contributed by atoms with Crippen molar-refractivity contribution in [3.63, 3.8) is 0 Å². The second kappa shape index (κ2) is 13.0. The van der Waals surface area contributed by atoms with E-state index < -0.39 is 25.6 Å². The highest BCUT2D eigenvalue weighted by Gasteiger charge is 2.39. The van der Waals surface area contributed by atoms with Gasteiger partial charge in [-0.15, -0.1) is 6.58 Å². The van der Waals surface area contributed by atoms with Crippen molar-refractivity contribution >= 4 is 37.8 Å². The van der Waals surface area contributed by atoms with Crippen LogP contribution < -0.4 is 9.74 Å².